The minimum atomic E-state index is 0.0608. The van der Waals surface area contributed by atoms with Crippen LogP contribution in [0.1, 0.15) is 240 Å². The molecule has 0 aromatic carbocycles. The molecule has 0 aliphatic rings. The zero-order chi connectivity index (χ0) is 38.3. The van der Waals surface area contributed by atoms with Crippen LogP contribution in [0.5, 0.6) is 0 Å². The van der Waals surface area contributed by atoms with Crippen LogP contribution >= 0.6 is 0 Å². The number of hydrogen-bond donors (Lipinski definition) is 0. The smallest absolute Gasteiger partial charge is 0.308 e. The van der Waals surface area contributed by atoms with Crippen molar-refractivity contribution in [3.05, 3.63) is 0 Å². The summed E-state index contributed by atoms with van der Waals surface area (Å²) in [4.78, 5) is 28.8. The largest absolute Gasteiger partial charge is 0.465 e. The lowest BCUT2D eigenvalue weighted by Gasteiger charge is -2.24. The van der Waals surface area contributed by atoms with E-state index in [-0.39, 0.29) is 23.8 Å². The Morgan fingerprint density at radius 1 is 0.404 bits per heavy atom. The van der Waals surface area contributed by atoms with Gasteiger partial charge in [-0.15, -0.1) is 0 Å². The summed E-state index contributed by atoms with van der Waals surface area (Å²) >= 11 is 0. The lowest BCUT2D eigenvalue weighted by atomic mass is 9.94. The Hall–Kier alpha value is -1.10. The molecule has 0 radical (unpaired) electrons. The molecule has 0 saturated heterocycles. The van der Waals surface area contributed by atoms with Gasteiger partial charge in [0.2, 0.25) is 0 Å². The summed E-state index contributed by atoms with van der Waals surface area (Å²) in [5.41, 5.74) is 0. The Balaban J connectivity index is 4.75. The molecule has 5 nitrogen and oxygen atoms in total. The van der Waals surface area contributed by atoms with E-state index in [4.69, 9.17) is 9.47 Å². The van der Waals surface area contributed by atoms with Crippen LogP contribution in [0.2, 0.25) is 0 Å². The van der Waals surface area contributed by atoms with E-state index in [1.807, 2.05) is 0 Å². The number of carbonyl (C=O) groups excluding carboxylic acids is 2. The molecule has 0 N–H and O–H groups in total. The summed E-state index contributed by atoms with van der Waals surface area (Å²) in [6.07, 6.45) is 37.9. The lowest BCUT2D eigenvalue weighted by molar-refractivity contribution is -0.150. The second kappa shape index (κ2) is 39.6. The molecule has 0 fully saturated rings. The van der Waals surface area contributed by atoms with Crippen LogP contribution in [0.3, 0.4) is 0 Å². The van der Waals surface area contributed by atoms with E-state index in [1.165, 1.54) is 128 Å². The van der Waals surface area contributed by atoms with Gasteiger partial charge < -0.3 is 14.4 Å². The third-order valence-electron chi connectivity index (χ3n) is 11.3. The summed E-state index contributed by atoms with van der Waals surface area (Å²) in [5.74, 6) is 0.926. The van der Waals surface area contributed by atoms with Crippen LogP contribution in [-0.4, -0.2) is 50.2 Å². The van der Waals surface area contributed by atoms with Crippen molar-refractivity contribution < 1.29 is 19.1 Å². The molecular weight excluding hydrogens is 643 g/mol. The number of rotatable bonds is 41. The molecule has 310 valence electrons. The SMILES string of the molecule is CCCCCCCCC(CCCCCC)C(=O)OCCCCC(CCCCOC(=O)C(CCCCCC)CCCCCCCC)CN(C)CCCC. The van der Waals surface area contributed by atoms with Gasteiger partial charge in [-0.2, -0.15) is 0 Å². The Kier molecular flexibility index (Phi) is 38.8. The highest BCUT2D eigenvalue weighted by atomic mass is 16.5. The number of hydrogen-bond acceptors (Lipinski definition) is 5. The third-order valence-corrected chi connectivity index (χ3v) is 11.3. The van der Waals surface area contributed by atoms with Gasteiger partial charge in [0.1, 0.15) is 0 Å². The molecular formula is C47H93NO4. The minimum absolute atomic E-state index is 0.0608. The van der Waals surface area contributed by atoms with Gasteiger partial charge in [0, 0.05) is 6.54 Å². The van der Waals surface area contributed by atoms with Crippen LogP contribution in [0, 0.1) is 17.8 Å². The first kappa shape index (κ1) is 50.9. The Morgan fingerprint density at radius 2 is 0.712 bits per heavy atom. The van der Waals surface area contributed by atoms with Crippen LogP contribution in [0.15, 0.2) is 0 Å². The first-order valence-corrected chi connectivity index (χ1v) is 23.4. The van der Waals surface area contributed by atoms with Crippen molar-refractivity contribution in [3.8, 4) is 0 Å². The molecule has 0 amide bonds. The molecule has 2 unspecified atom stereocenters. The predicted molar refractivity (Wildman–Crippen MR) is 226 cm³/mol. The second-order valence-electron chi connectivity index (χ2n) is 16.5. The maximum Gasteiger partial charge on any atom is 0.308 e. The predicted octanol–water partition coefficient (Wildman–Crippen LogP) is 14.4. The van der Waals surface area contributed by atoms with Crippen molar-refractivity contribution in [2.45, 2.75) is 240 Å². The van der Waals surface area contributed by atoms with Crippen molar-refractivity contribution >= 4 is 11.9 Å². The molecule has 0 rings (SSSR count). The Bertz CT molecular complexity index is 704. The molecule has 2 atom stereocenters. The highest BCUT2D eigenvalue weighted by Crippen LogP contribution is 2.23. The van der Waals surface area contributed by atoms with Gasteiger partial charge in [-0.05, 0) is 90.1 Å². The average Bonchev–Trinajstić information content (AvgIpc) is 3.14. The molecule has 0 aliphatic heterocycles. The van der Waals surface area contributed by atoms with E-state index < -0.39 is 0 Å². The van der Waals surface area contributed by atoms with Crippen LogP contribution in [0.25, 0.3) is 0 Å². The van der Waals surface area contributed by atoms with Crippen molar-refractivity contribution in [2.75, 3.05) is 33.4 Å². The average molecular weight is 736 g/mol. The molecule has 0 spiro atoms. The maximum atomic E-state index is 13.1. The van der Waals surface area contributed by atoms with E-state index >= 15 is 0 Å². The number of esters is 2. The monoisotopic (exact) mass is 736 g/mol. The highest BCUT2D eigenvalue weighted by molar-refractivity contribution is 5.72. The molecule has 0 heterocycles. The van der Waals surface area contributed by atoms with E-state index in [0.717, 1.165) is 90.1 Å². The number of ether oxygens (including phenoxy) is 2. The normalized spacial score (nSPS) is 13.4. The Labute approximate surface area is 326 Å². The summed E-state index contributed by atoms with van der Waals surface area (Å²) in [7, 11) is 2.27. The topological polar surface area (TPSA) is 55.8 Å². The number of carbonyl (C=O) groups is 2. The van der Waals surface area contributed by atoms with Gasteiger partial charge in [0.25, 0.3) is 0 Å². The van der Waals surface area contributed by atoms with Crippen LogP contribution < -0.4 is 0 Å². The molecule has 52 heavy (non-hydrogen) atoms. The molecule has 0 saturated carbocycles. The summed E-state index contributed by atoms with van der Waals surface area (Å²) < 4.78 is 11.8. The fourth-order valence-electron chi connectivity index (χ4n) is 7.68. The second-order valence-corrected chi connectivity index (χ2v) is 16.5. The summed E-state index contributed by atoms with van der Waals surface area (Å²) in [6.45, 7) is 14.7. The minimum Gasteiger partial charge on any atom is -0.465 e. The van der Waals surface area contributed by atoms with Gasteiger partial charge in [-0.25, -0.2) is 0 Å². The molecule has 0 bridgehead atoms. The molecule has 0 aromatic heterocycles. The first-order valence-electron chi connectivity index (χ1n) is 23.4. The molecule has 0 aliphatic carbocycles. The van der Waals surface area contributed by atoms with Crippen LogP contribution in [0.4, 0.5) is 0 Å². The van der Waals surface area contributed by atoms with E-state index in [1.54, 1.807) is 0 Å². The van der Waals surface area contributed by atoms with Gasteiger partial charge in [-0.3, -0.25) is 9.59 Å². The van der Waals surface area contributed by atoms with Gasteiger partial charge in [0.05, 0.1) is 25.0 Å². The van der Waals surface area contributed by atoms with Gasteiger partial charge in [0.15, 0.2) is 0 Å². The maximum absolute atomic E-state index is 13.1. The van der Waals surface area contributed by atoms with Crippen molar-refractivity contribution in [2.24, 2.45) is 17.8 Å². The lowest BCUT2D eigenvalue weighted by Crippen LogP contribution is -2.27. The number of nitrogens with zero attached hydrogens (tertiary/aromatic N) is 1. The van der Waals surface area contributed by atoms with Crippen molar-refractivity contribution in [3.63, 3.8) is 0 Å². The highest BCUT2D eigenvalue weighted by Gasteiger charge is 2.21. The fraction of sp³-hybridized carbons (Fsp3) is 0.957. The van der Waals surface area contributed by atoms with E-state index in [2.05, 4.69) is 46.6 Å². The van der Waals surface area contributed by atoms with Crippen molar-refractivity contribution in [1.29, 1.82) is 0 Å². The quantitative estimate of drug-likeness (QED) is 0.0462. The van der Waals surface area contributed by atoms with Gasteiger partial charge in [-0.1, -0.05) is 169 Å². The zero-order valence-electron chi connectivity index (χ0n) is 36.3. The standard InChI is InChI=1S/C47H93NO4/c1-7-12-17-21-23-27-37-44(35-25-19-14-9-3)46(49)51-40-31-29-33-43(42-48(6)39-16-11-5)34-30-32-41-52-47(50)45(36-26-20-15-10-4)38-28-24-22-18-13-8-2/h43-45H,7-42H2,1-6H3. The number of unbranched alkanes of at least 4 members (excludes halogenated alkanes) is 19. The summed E-state index contributed by atoms with van der Waals surface area (Å²) in [5, 5.41) is 0. The van der Waals surface area contributed by atoms with Crippen molar-refractivity contribution in [1.82, 2.24) is 4.90 Å². The fourth-order valence-corrected chi connectivity index (χ4v) is 7.68. The van der Waals surface area contributed by atoms with E-state index in [9.17, 15) is 9.59 Å². The van der Waals surface area contributed by atoms with Crippen LogP contribution in [-0.2, 0) is 19.1 Å². The Morgan fingerprint density at radius 3 is 1.08 bits per heavy atom. The molecule has 0 aromatic rings. The third kappa shape index (κ3) is 32.3. The molecule has 5 heteroatoms. The van der Waals surface area contributed by atoms with E-state index in [0.29, 0.717) is 19.1 Å². The van der Waals surface area contributed by atoms with Gasteiger partial charge >= 0.3 is 11.9 Å². The zero-order valence-corrected chi connectivity index (χ0v) is 36.3. The first-order chi connectivity index (χ1) is 25.4. The summed E-state index contributed by atoms with van der Waals surface area (Å²) in [6, 6.07) is 0.